The van der Waals surface area contributed by atoms with Crippen LogP contribution in [-0.2, 0) is 0 Å². The Labute approximate surface area is 42.4 Å². The van der Waals surface area contributed by atoms with E-state index in [4.69, 9.17) is 2.74 Å². The molecule has 1 saturated carbocycles. The fourth-order valence-corrected chi connectivity index (χ4v) is 0.678. The second kappa shape index (κ2) is 2.22. The molecule has 0 unspecified atom stereocenters. The van der Waals surface area contributed by atoms with Crippen molar-refractivity contribution in [3.8, 4) is 0 Å². The molecule has 1 fully saturated rings. The van der Waals surface area contributed by atoms with Crippen LogP contribution in [0.3, 0.4) is 0 Å². The van der Waals surface area contributed by atoms with Crippen LogP contribution in [0.25, 0.3) is 0 Å². The van der Waals surface area contributed by atoms with Crippen molar-refractivity contribution in [1.82, 2.24) is 0 Å². The predicted molar refractivity (Wildman–Crippen MR) is 27.4 cm³/mol. The molecule has 1 aliphatic rings. The van der Waals surface area contributed by atoms with Gasteiger partial charge >= 0.3 is 0 Å². The van der Waals surface area contributed by atoms with Crippen LogP contribution in [0.5, 0.6) is 0 Å². The first-order valence-corrected chi connectivity index (χ1v) is 2.52. The molecule has 0 heterocycles. The Morgan fingerprint density at radius 3 is 2.33 bits per heavy atom. The van der Waals surface area contributed by atoms with Crippen molar-refractivity contribution in [3.05, 3.63) is 6.42 Å². The van der Waals surface area contributed by atoms with Crippen molar-refractivity contribution in [3.63, 3.8) is 0 Å². The molecule has 1 radical (unpaired) electrons. The molecule has 0 aliphatic heterocycles. The quantitative estimate of drug-likeness (QED) is 0.423. The van der Waals surface area contributed by atoms with Gasteiger partial charge in [-0.2, -0.15) is 0 Å². The Morgan fingerprint density at radius 2 is 2.00 bits per heavy atom. The summed E-state index contributed by atoms with van der Waals surface area (Å²) in [6, 6.07) is 0. The average Bonchev–Trinajstić information content (AvgIpc) is 1.65. The van der Waals surface area contributed by atoms with Gasteiger partial charge in [-0.15, -0.1) is 0 Å². The van der Waals surface area contributed by atoms with Crippen LogP contribution in [0, 0.1) is 6.42 Å². The molecule has 0 nitrogen and oxygen atoms in total. The van der Waals surface area contributed by atoms with Gasteiger partial charge in [-0.1, -0.05) is 32.1 Å². The Morgan fingerprint density at radius 1 is 1.33 bits per heavy atom. The first-order valence-electron chi connectivity index (χ1n) is 3.52. The normalized spacial score (nSPS) is 37.3. The molecule has 0 aromatic carbocycles. The van der Waals surface area contributed by atoms with Crippen LogP contribution >= 0.6 is 0 Å². The molecule has 1 aliphatic carbocycles. The van der Waals surface area contributed by atoms with Gasteiger partial charge in [0.05, 0.1) is 0 Å². The zero-order valence-corrected chi connectivity index (χ0v) is 3.91. The van der Waals surface area contributed by atoms with E-state index in [9.17, 15) is 0 Å². The molecule has 1 rings (SSSR count). The summed E-state index contributed by atoms with van der Waals surface area (Å²) < 4.78 is 14.5. The van der Waals surface area contributed by atoms with Gasteiger partial charge in [-0.05, 0) is 6.42 Å². The highest BCUT2D eigenvalue weighted by Gasteiger charge is 1.95. The van der Waals surface area contributed by atoms with Crippen LogP contribution in [0.4, 0.5) is 0 Å². The molecule has 0 bridgehead atoms. The summed E-state index contributed by atoms with van der Waals surface area (Å²) in [6.45, 7) is 0. The van der Waals surface area contributed by atoms with Crippen LogP contribution < -0.4 is 0 Å². The highest BCUT2D eigenvalue weighted by molar-refractivity contribution is 4.69. The van der Waals surface area contributed by atoms with E-state index in [0.29, 0.717) is 0 Å². The molecule has 0 atom stereocenters. The van der Waals surface area contributed by atoms with E-state index in [0.717, 1.165) is 25.7 Å². The Bertz CT molecular complexity index is 70.6. The van der Waals surface area contributed by atoms with E-state index >= 15 is 0 Å². The minimum atomic E-state index is -0.852. The second-order valence-electron chi connectivity index (χ2n) is 1.62. The first kappa shape index (κ1) is 2.34. The smallest absolute Gasteiger partial charge is 0.0267 e. The van der Waals surface area contributed by atoms with Gasteiger partial charge in [0, 0.05) is 2.74 Å². The summed E-state index contributed by atoms with van der Waals surface area (Å²) in [5, 5.41) is 0. The van der Waals surface area contributed by atoms with Gasteiger partial charge in [0.15, 0.2) is 0 Å². The van der Waals surface area contributed by atoms with Crippen LogP contribution in [-0.4, -0.2) is 0 Å². The van der Waals surface area contributed by atoms with E-state index in [1.165, 1.54) is 0 Å². The fraction of sp³-hybridized carbons (Fsp3) is 0.833. The Kier molecular flexibility index (Phi) is 0.868. The number of hydrogen-bond acceptors (Lipinski definition) is 0. The van der Waals surface area contributed by atoms with Crippen molar-refractivity contribution in [2.45, 2.75) is 32.1 Å². The first-order chi connectivity index (χ1) is 3.71. The summed E-state index contributed by atoms with van der Waals surface area (Å²) >= 11 is 0. The average molecular weight is 85.2 g/mol. The van der Waals surface area contributed by atoms with Crippen molar-refractivity contribution in [2.24, 2.45) is 0 Å². The van der Waals surface area contributed by atoms with Gasteiger partial charge in [0.1, 0.15) is 0 Å². The molecular formula is C6H11. The third-order valence-electron chi connectivity index (χ3n) is 1.05. The van der Waals surface area contributed by atoms with Crippen molar-refractivity contribution in [2.75, 3.05) is 0 Å². The lowest BCUT2D eigenvalue weighted by atomic mass is 10.0. The lowest BCUT2D eigenvalue weighted by molar-refractivity contribution is 0.593. The van der Waals surface area contributed by atoms with E-state index in [1.807, 2.05) is 0 Å². The number of hydrogen-bond donors (Lipinski definition) is 0. The molecule has 0 spiro atoms. The summed E-state index contributed by atoms with van der Waals surface area (Å²) in [4.78, 5) is 0. The minimum Gasteiger partial charge on any atom is -0.0533 e. The Hall–Kier alpha value is 0. The molecular weight excluding hydrogens is 72.1 g/mol. The molecule has 6 heavy (non-hydrogen) atoms. The zero-order valence-electron chi connectivity index (χ0n) is 5.91. The van der Waals surface area contributed by atoms with Crippen molar-refractivity contribution >= 4 is 0 Å². The predicted octanol–water partition coefficient (Wildman–Crippen LogP) is 2.15. The van der Waals surface area contributed by atoms with Gasteiger partial charge < -0.3 is 0 Å². The third kappa shape index (κ3) is 1.00. The molecule has 0 heteroatoms. The maximum absolute atomic E-state index is 7.27. The lowest BCUT2D eigenvalue weighted by Gasteiger charge is -2.05. The maximum Gasteiger partial charge on any atom is 0.0267 e. The fourth-order valence-electron chi connectivity index (χ4n) is 0.678. The summed E-state index contributed by atoms with van der Waals surface area (Å²) in [5.74, 6) is 0. The molecule has 0 saturated heterocycles. The van der Waals surface area contributed by atoms with Gasteiger partial charge in [-0.25, -0.2) is 0 Å². The monoisotopic (exact) mass is 85.1 g/mol. The van der Waals surface area contributed by atoms with Gasteiger partial charge in [0.25, 0.3) is 0 Å². The summed E-state index contributed by atoms with van der Waals surface area (Å²) in [7, 11) is 0. The lowest BCUT2D eigenvalue weighted by Crippen LogP contribution is -1.87. The summed E-state index contributed by atoms with van der Waals surface area (Å²) in [5.41, 5.74) is 0. The second-order valence-corrected chi connectivity index (χ2v) is 1.62. The van der Waals surface area contributed by atoms with Gasteiger partial charge in [0.2, 0.25) is 0 Å². The molecule has 35 valence electrons. The molecule has 0 amide bonds. The summed E-state index contributed by atoms with van der Waals surface area (Å²) in [6.07, 6.45) is 4.70. The van der Waals surface area contributed by atoms with E-state index in [1.54, 1.807) is 0 Å². The van der Waals surface area contributed by atoms with Crippen LogP contribution in [0.1, 0.15) is 34.8 Å². The minimum absolute atomic E-state index is 0.729. The standard InChI is InChI=1S/C6H11/c1-2-4-6-5-3-1/h1H,2-6H2/i6D2. The molecule has 0 aromatic rings. The highest BCUT2D eigenvalue weighted by atomic mass is 14.0. The topological polar surface area (TPSA) is 0 Å². The maximum atomic E-state index is 7.27. The van der Waals surface area contributed by atoms with E-state index in [2.05, 4.69) is 6.42 Å². The van der Waals surface area contributed by atoms with E-state index < -0.39 is 6.37 Å². The molecule has 0 aromatic heterocycles. The van der Waals surface area contributed by atoms with Crippen LogP contribution in [0.15, 0.2) is 0 Å². The van der Waals surface area contributed by atoms with Crippen molar-refractivity contribution in [1.29, 1.82) is 0 Å². The largest absolute Gasteiger partial charge is 0.0533 e. The number of rotatable bonds is 0. The zero-order chi connectivity index (χ0) is 6.04. The van der Waals surface area contributed by atoms with Crippen LogP contribution in [0.2, 0.25) is 0 Å². The third-order valence-corrected chi connectivity index (χ3v) is 1.05. The Balaban J connectivity index is 2.33. The SMILES string of the molecule is [2H]C1([2H])CC[CH]CC1. The van der Waals surface area contributed by atoms with Crippen molar-refractivity contribution < 1.29 is 2.74 Å². The highest BCUT2D eigenvalue weighted by Crippen LogP contribution is 2.14. The van der Waals surface area contributed by atoms with E-state index in [-0.39, 0.29) is 0 Å². The van der Waals surface area contributed by atoms with Gasteiger partial charge in [-0.3, -0.25) is 0 Å². The molecule has 0 N–H and O–H groups in total.